The van der Waals surface area contributed by atoms with Crippen molar-refractivity contribution in [2.45, 2.75) is 52.5 Å². The number of unbranched alkanes of at least 4 members (excludes halogenated alkanes) is 1. The standard InChI is InChI=1S/C30H34ClN3O2/c1-21(2)25-14-13-22(3)19-28(25)36-18-7-6-17-34-27-12-5-4-11-26(27)33-29(34)15-16-32-30(35)23-9-8-10-24(31)20-23/h4-5,8-14,19-21H,6-7,15-18H2,1-3H3,(H,32,35). The summed E-state index contributed by atoms with van der Waals surface area (Å²) in [7, 11) is 0. The molecule has 36 heavy (non-hydrogen) atoms. The summed E-state index contributed by atoms with van der Waals surface area (Å²) in [6.07, 6.45) is 2.58. The number of rotatable bonds is 11. The van der Waals surface area contributed by atoms with Gasteiger partial charge in [0.2, 0.25) is 0 Å². The first-order chi connectivity index (χ1) is 17.4. The largest absolute Gasteiger partial charge is 0.493 e. The van der Waals surface area contributed by atoms with Gasteiger partial charge in [0.25, 0.3) is 5.91 Å². The van der Waals surface area contributed by atoms with Crippen LogP contribution >= 0.6 is 11.6 Å². The smallest absolute Gasteiger partial charge is 0.251 e. The number of ether oxygens (including phenoxy) is 1. The van der Waals surface area contributed by atoms with Crippen molar-refractivity contribution in [3.05, 3.63) is 94.3 Å². The van der Waals surface area contributed by atoms with E-state index in [4.69, 9.17) is 21.3 Å². The molecule has 3 aromatic carbocycles. The summed E-state index contributed by atoms with van der Waals surface area (Å²) < 4.78 is 8.45. The Morgan fingerprint density at radius 1 is 1.06 bits per heavy atom. The Bertz CT molecular complexity index is 1330. The number of carbonyl (C=O) groups excluding carboxylic acids is 1. The van der Waals surface area contributed by atoms with Crippen molar-refractivity contribution in [1.29, 1.82) is 0 Å². The second-order valence-corrected chi connectivity index (χ2v) is 9.87. The predicted octanol–water partition coefficient (Wildman–Crippen LogP) is 6.95. The summed E-state index contributed by atoms with van der Waals surface area (Å²) in [6.45, 7) is 8.53. The van der Waals surface area contributed by atoms with E-state index in [2.05, 4.69) is 54.9 Å². The molecule has 5 nitrogen and oxygen atoms in total. The maximum absolute atomic E-state index is 12.5. The van der Waals surface area contributed by atoms with E-state index in [0.29, 0.717) is 36.1 Å². The number of amides is 1. The highest BCUT2D eigenvalue weighted by Gasteiger charge is 2.12. The number of para-hydroxylation sites is 2. The Balaban J connectivity index is 1.35. The fourth-order valence-corrected chi connectivity index (χ4v) is 4.57. The van der Waals surface area contributed by atoms with Crippen LogP contribution < -0.4 is 10.1 Å². The normalized spacial score (nSPS) is 11.2. The molecule has 0 saturated carbocycles. The van der Waals surface area contributed by atoms with Crippen LogP contribution in [-0.4, -0.2) is 28.6 Å². The Kier molecular flexibility index (Phi) is 8.65. The summed E-state index contributed by atoms with van der Waals surface area (Å²) in [4.78, 5) is 17.3. The molecule has 188 valence electrons. The van der Waals surface area contributed by atoms with Gasteiger partial charge in [0.05, 0.1) is 17.6 Å². The number of halogens is 1. The Hall–Kier alpha value is -3.31. The number of carbonyl (C=O) groups is 1. The van der Waals surface area contributed by atoms with Crippen LogP contribution in [0.25, 0.3) is 11.0 Å². The van der Waals surface area contributed by atoms with E-state index in [0.717, 1.165) is 42.0 Å². The highest BCUT2D eigenvalue weighted by molar-refractivity contribution is 6.30. The fraction of sp³-hybridized carbons (Fsp3) is 0.333. The molecule has 0 aliphatic carbocycles. The molecule has 4 rings (SSSR count). The van der Waals surface area contributed by atoms with Crippen LogP contribution in [0.4, 0.5) is 0 Å². The van der Waals surface area contributed by atoms with Gasteiger partial charge in [-0.15, -0.1) is 0 Å². The molecule has 6 heteroatoms. The van der Waals surface area contributed by atoms with Crippen LogP contribution in [0.1, 0.15) is 59.9 Å². The number of aryl methyl sites for hydroxylation is 2. The second-order valence-electron chi connectivity index (χ2n) is 9.44. The van der Waals surface area contributed by atoms with Crippen LogP contribution in [0.3, 0.4) is 0 Å². The molecule has 0 fully saturated rings. The highest BCUT2D eigenvalue weighted by atomic mass is 35.5. The molecule has 4 aromatic rings. The topological polar surface area (TPSA) is 56.1 Å². The van der Waals surface area contributed by atoms with Gasteiger partial charge >= 0.3 is 0 Å². The van der Waals surface area contributed by atoms with E-state index in [1.54, 1.807) is 24.3 Å². The van der Waals surface area contributed by atoms with Crippen molar-refractivity contribution in [3.8, 4) is 5.75 Å². The monoisotopic (exact) mass is 503 g/mol. The van der Waals surface area contributed by atoms with Crippen LogP contribution in [0.2, 0.25) is 5.02 Å². The summed E-state index contributed by atoms with van der Waals surface area (Å²) in [6, 6.07) is 21.6. The number of imidazole rings is 1. The van der Waals surface area contributed by atoms with E-state index < -0.39 is 0 Å². The van der Waals surface area contributed by atoms with Crippen LogP contribution in [0, 0.1) is 6.92 Å². The molecule has 1 heterocycles. The number of benzene rings is 3. The van der Waals surface area contributed by atoms with Gasteiger partial charge in [-0.05, 0) is 73.2 Å². The van der Waals surface area contributed by atoms with Gasteiger partial charge in [-0.1, -0.05) is 55.8 Å². The molecule has 0 saturated heterocycles. The van der Waals surface area contributed by atoms with E-state index in [-0.39, 0.29) is 5.91 Å². The molecule has 1 N–H and O–H groups in total. The van der Waals surface area contributed by atoms with Gasteiger partial charge in [0.15, 0.2) is 0 Å². The number of hydrogen-bond donors (Lipinski definition) is 1. The molecule has 1 aromatic heterocycles. The first-order valence-corrected chi connectivity index (χ1v) is 13.0. The van der Waals surface area contributed by atoms with Crippen molar-refractivity contribution in [1.82, 2.24) is 14.9 Å². The Labute approximate surface area is 218 Å². The summed E-state index contributed by atoms with van der Waals surface area (Å²) in [5.41, 5.74) is 5.13. The van der Waals surface area contributed by atoms with Gasteiger partial charge in [-0.25, -0.2) is 4.98 Å². The highest BCUT2D eigenvalue weighted by Crippen LogP contribution is 2.27. The number of nitrogens with zero attached hydrogens (tertiary/aromatic N) is 2. The molecule has 0 aliphatic rings. The van der Waals surface area contributed by atoms with Gasteiger partial charge in [-0.2, -0.15) is 0 Å². The molecule has 1 amide bonds. The molecule has 0 unspecified atom stereocenters. The van der Waals surface area contributed by atoms with Crippen molar-refractivity contribution in [2.75, 3.05) is 13.2 Å². The lowest BCUT2D eigenvalue weighted by atomic mass is 10.0. The second kappa shape index (κ2) is 12.1. The van der Waals surface area contributed by atoms with Gasteiger partial charge in [0, 0.05) is 30.1 Å². The maximum atomic E-state index is 12.5. The molecule has 0 atom stereocenters. The van der Waals surface area contributed by atoms with Crippen LogP contribution in [0.15, 0.2) is 66.7 Å². The van der Waals surface area contributed by atoms with E-state index >= 15 is 0 Å². The lowest BCUT2D eigenvalue weighted by Gasteiger charge is -2.15. The lowest BCUT2D eigenvalue weighted by Crippen LogP contribution is -2.26. The van der Waals surface area contributed by atoms with Gasteiger partial charge in [0.1, 0.15) is 11.6 Å². The zero-order chi connectivity index (χ0) is 25.5. The first kappa shape index (κ1) is 25.8. The average Bonchev–Trinajstić information content (AvgIpc) is 3.21. The number of nitrogens with one attached hydrogen (secondary N) is 1. The molecule has 0 radical (unpaired) electrons. The molecule has 0 spiro atoms. The molecule has 0 aliphatic heterocycles. The van der Waals surface area contributed by atoms with Gasteiger partial charge < -0.3 is 14.6 Å². The summed E-state index contributed by atoms with van der Waals surface area (Å²) >= 11 is 6.02. The van der Waals surface area contributed by atoms with Gasteiger partial charge in [-0.3, -0.25) is 4.79 Å². The third-order valence-corrected chi connectivity index (χ3v) is 6.51. The van der Waals surface area contributed by atoms with E-state index in [1.807, 2.05) is 18.2 Å². The van der Waals surface area contributed by atoms with Crippen LogP contribution in [0.5, 0.6) is 5.75 Å². The molecular formula is C30H34ClN3O2. The SMILES string of the molecule is Cc1ccc(C(C)C)c(OCCCCn2c(CCNC(=O)c3cccc(Cl)c3)nc3ccccc32)c1. The zero-order valence-electron chi connectivity index (χ0n) is 21.3. The van der Waals surface area contributed by atoms with Crippen molar-refractivity contribution < 1.29 is 9.53 Å². The predicted molar refractivity (Wildman–Crippen MR) is 147 cm³/mol. The first-order valence-electron chi connectivity index (χ1n) is 12.6. The minimum Gasteiger partial charge on any atom is -0.493 e. The van der Waals surface area contributed by atoms with Crippen LogP contribution in [-0.2, 0) is 13.0 Å². The minimum absolute atomic E-state index is 0.130. The van der Waals surface area contributed by atoms with Crippen molar-refractivity contribution in [2.24, 2.45) is 0 Å². The van der Waals surface area contributed by atoms with Crippen molar-refractivity contribution in [3.63, 3.8) is 0 Å². The summed E-state index contributed by atoms with van der Waals surface area (Å²) in [5, 5.41) is 3.54. The third-order valence-electron chi connectivity index (χ3n) is 6.28. The zero-order valence-corrected chi connectivity index (χ0v) is 22.0. The van der Waals surface area contributed by atoms with E-state index in [9.17, 15) is 4.79 Å². The van der Waals surface area contributed by atoms with E-state index in [1.165, 1.54) is 11.1 Å². The summed E-state index contributed by atoms with van der Waals surface area (Å²) in [5.74, 6) is 2.27. The quantitative estimate of drug-likeness (QED) is 0.225. The third kappa shape index (κ3) is 6.46. The number of aromatic nitrogens is 2. The number of hydrogen-bond acceptors (Lipinski definition) is 3. The fourth-order valence-electron chi connectivity index (χ4n) is 4.38. The Morgan fingerprint density at radius 2 is 1.89 bits per heavy atom. The minimum atomic E-state index is -0.130. The van der Waals surface area contributed by atoms with Crippen molar-refractivity contribution >= 4 is 28.5 Å². The maximum Gasteiger partial charge on any atom is 0.251 e. The number of fused-ring (bicyclic) bond motifs is 1. The Morgan fingerprint density at radius 3 is 2.69 bits per heavy atom. The molecule has 0 bridgehead atoms. The average molecular weight is 504 g/mol. The molecular weight excluding hydrogens is 470 g/mol. The lowest BCUT2D eigenvalue weighted by molar-refractivity contribution is 0.0954.